The van der Waals surface area contributed by atoms with Crippen LogP contribution >= 0.6 is 11.3 Å². The molecule has 2 aromatic rings. The van der Waals surface area contributed by atoms with Crippen molar-refractivity contribution >= 4 is 17.3 Å². The molecule has 0 atom stereocenters. The molecule has 0 aliphatic rings. The number of oxazole rings is 1. The van der Waals surface area contributed by atoms with Crippen LogP contribution in [0.5, 0.6) is 0 Å². The molecule has 0 bridgehead atoms. The van der Waals surface area contributed by atoms with Crippen LogP contribution in [0.3, 0.4) is 0 Å². The zero-order valence-electron chi connectivity index (χ0n) is 10.4. The summed E-state index contributed by atoms with van der Waals surface area (Å²) >= 11 is 1.39. The summed E-state index contributed by atoms with van der Waals surface area (Å²) in [4.78, 5) is 20.3. The molecule has 0 aliphatic heterocycles. The number of carbonyl (C=O) groups is 1. The second kappa shape index (κ2) is 4.89. The van der Waals surface area contributed by atoms with Gasteiger partial charge in [0.1, 0.15) is 4.88 Å². The van der Waals surface area contributed by atoms with Crippen LogP contribution in [-0.4, -0.2) is 21.0 Å². The summed E-state index contributed by atoms with van der Waals surface area (Å²) in [7, 11) is 0. The molecule has 6 heteroatoms. The van der Waals surface area contributed by atoms with Crippen molar-refractivity contribution in [3.05, 3.63) is 22.7 Å². The first-order valence-corrected chi connectivity index (χ1v) is 6.50. The standard InChI is InChI=1S/C12H14N2O3S/c1-6(2)4-8-9(12(15)16)17-11(14-8)10-7(3)13-5-18-10/h5-6H,4H2,1-3H3,(H,15,16). The fourth-order valence-electron chi connectivity index (χ4n) is 1.65. The molecule has 2 aromatic heterocycles. The van der Waals surface area contributed by atoms with Gasteiger partial charge in [-0.15, -0.1) is 11.3 Å². The van der Waals surface area contributed by atoms with Gasteiger partial charge in [0.2, 0.25) is 11.7 Å². The quantitative estimate of drug-likeness (QED) is 0.920. The Balaban J connectivity index is 2.45. The highest BCUT2D eigenvalue weighted by Gasteiger charge is 2.22. The normalized spacial score (nSPS) is 11.1. The Bertz CT molecular complexity index is 572. The molecule has 0 saturated carbocycles. The Kier molecular flexibility index (Phi) is 3.47. The van der Waals surface area contributed by atoms with Crippen molar-refractivity contribution in [3.8, 4) is 10.8 Å². The van der Waals surface area contributed by atoms with E-state index in [2.05, 4.69) is 9.97 Å². The lowest BCUT2D eigenvalue weighted by Crippen LogP contribution is -2.03. The number of carboxylic acids is 1. The van der Waals surface area contributed by atoms with Gasteiger partial charge in [0.15, 0.2) is 0 Å². The van der Waals surface area contributed by atoms with Crippen molar-refractivity contribution in [2.45, 2.75) is 27.2 Å². The van der Waals surface area contributed by atoms with E-state index in [4.69, 9.17) is 9.52 Å². The third kappa shape index (κ3) is 2.43. The average Bonchev–Trinajstić information content (AvgIpc) is 2.83. The molecule has 0 aromatic carbocycles. The Hall–Kier alpha value is -1.69. The van der Waals surface area contributed by atoms with E-state index in [0.29, 0.717) is 23.9 Å². The first-order valence-electron chi connectivity index (χ1n) is 5.62. The number of carboxylic acid groups (broad SMARTS) is 1. The minimum absolute atomic E-state index is 0.0634. The molecule has 0 unspecified atom stereocenters. The number of aryl methyl sites for hydroxylation is 1. The third-order valence-corrected chi connectivity index (χ3v) is 3.35. The van der Waals surface area contributed by atoms with Gasteiger partial charge in [0, 0.05) is 0 Å². The second-order valence-corrected chi connectivity index (χ2v) is 5.32. The number of hydrogen-bond acceptors (Lipinski definition) is 5. The van der Waals surface area contributed by atoms with Crippen LogP contribution in [0, 0.1) is 12.8 Å². The van der Waals surface area contributed by atoms with Gasteiger partial charge in [0.25, 0.3) is 0 Å². The highest BCUT2D eigenvalue weighted by molar-refractivity contribution is 7.13. The van der Waals surface area contributed by atoms with Crippen molar-refractivity contribution in [1.29, 1.82) is 0 Å². The largest absolute Gasteiger partial charge is 0.475 e. The molecule has 2 heterocycles. The van der Waals surface area contributed by atoms with E-state index in [-0.39, 0.29) is 5.76 Å². The minimum Gasteiger partial charge on any atom is -0.475 e. The van der Waals surface area contributed by atoms with Gasteiger partial charge in [-0.25, -0.2) is 14.8 Å². The molecule has 5 nitrogen and oxygen atoms in total. The average molecular weight is 266 g/mol. The summed E-state index contributed by atoms with van der Waals surface area (Å²) in [5, 5.41) is 9.11. The number of nitrogens with zero attached hydrogens (tertiary/aromatic N) is 2. The van der Waals surface area contributed by atoms with Crippen molar-refractivity contribution in [2.24, 2.45) is 5.92 Å². The predicted molar refractivity (Wildman–Crippen MR) is 67.8 cm³/mol. The van der Waals surface area contributed by atoms with Crippen molar-refractivity contribution in [1.82, 2.24) is 9.97 Å². The van der Waals surface area contributed by atoms with Gasteiger partial charge in [-0.3, -0.25) is 0 Å². The van der Waals surface area contributed by atoms with Crippen molar-refractivity contribution in [3.63, 3.8) is 0 Å². The van der Waals surface area contributed by atoms with Gasteiger partial charge < -0.3 is 9.52 Å². The fraction of sp³-hybridized carbons (Fsp3) is 0.417. The molecular weight excluding hydrogens is 252 g/mol. The van der Waals surface area contributed by atoms with E-state index in [1.807, 2.05) is 20.8 Å². The Morgan fingerprint density at radius 1 is 1.56 bits per heavy atom. The van der Waals surface area contributed by atoms with Crippen LogP contribution < -0.4 is 0 Å². The maximum absolute atomic E-state index is 11.1. The zero-order valence-corrected chi connectivity index (χ0v) is 11.2. The fourth-order valence-corrected chi connectivity index (χ4v) is 2.38. The Labute approximate surface area is 109 Å². The molecule has 0 radical (unpaired) electrons. The van der Waals surface area contributed by atoms with E-state index in [0.717, 1.165) is 10.6 Å². The second-order valence-electron chi connectivity index (χ2n) is 4.46. The summed E-state index contributed by atoms with van der Waals surface area (Å²) < 4.78 is 5.36. The number of aromatic nitrogens is 2. The SMILES string of the molecule is Cc1ncsc1-c1nc(CC(C)C)c(C(=O)O)o1. The summed E-state index contributed by atoms with van der Waals surface area (Å²) in [6.45, 7) is 5.87. The van der Waals surface area contributed by atoms with Crippen LogP contribution in [-0.2, 0) is 6.42 Å². The van der Waals surface area contributed by atoms with Gasteiger partial charge in [-0.05, 0) is 19.3 Å². The van der Waals surface area contributed by atoms with Crippen LogP contribution in [0.4, 0.5) is 0 Å². The Morgan fingerprint density at radius 3 is 2.78 bits per heavy atom. The van der Waals surface area contributed by atoms with Crippen LogP contribution in [0.25, 0.3) is 10.8 Å². The summed E-state index contributed by atoms with van der Waals surface area (Å²) in [6.07, 6.45) is 0.586. The molecule has 18 heavy (non-hydrogen) atoms. The van der Waals surface area contributed by atoms with Crippen molar-refractivity contribution < 1.29 is 14.3 Å². The zero-order chi connectivity index (χ0) is 13.3. The molecule has 2 rings (SSSR count). The van der Waals surface area contributed by atoms with Gasteiger partial charge in [-0.2, -0.15) is 0 Å². The molecule has 0 aliphatic carbocycles. The van der Waals surface area contributed by atoms with Gasteiger partial charge in [0.05, 0.1) is 16.9 Å². The lowest BCUT2D eigenvalue weighted by Gasteiger charge is -1.99. The maximum atomic E-state index is 11.1. The molecule has 0 fully saturated rings. The van der Waals surface area contributed by atoms with E-state index in [1.54, 1.807) is 5.51 Å². The summed E-state index contributed by atoms with van der Waals surface area (Å²) in [6, 6.07) is 0. The smallest absolute Gasteiger partial charge is 0.373 e. The minimum atomic E-state index is -1.08. The highest BCUT2D eigenvalue weighted by Crippen LogP contribution is 2.29. The van der Waals surface area contributed by atoms with Crippen LogP contribution in [0.1, 0.15) is 35.8 Å². The van der Waals surface area contributed by atoms with Gasteiger partial charge >= 0.3 is 5.97 Å². The van der Waals surface area contributed by atoms with Crippen molar-refractivity contribution in [2.75, 3.05) is 0 Å². The van der Waals surface area contributed by atoms with E-state index < -0.39 is 5.97 Å². The number of thiazole rings is 1. The van der Waals surface area contributed by atoms with E-state index >= 15 is 0 Å². The maximum Gasteiger partial charge on any atom is 0.373 e. The topological polar surface area (TPSA) is 76.2 Å². The van der Waals surface area contributed by atoms with E-state index in [1.165, 1.54) is 11.3 Å². The molecule has 0 amide bonds. The summed E-state index contributed by atoms with van der Waals surface area (Å²) in [5.74, 6) is -0.468. The van der Waals surface area contributed by atoms with Crippen LogP contribution in [0.15, 0.2) is 9.93 Å². The lowest BCUT2D eigenvalue weighted by atomic mass is 10.1. The van der Waals surface area contributed by atoms with E-state index in [9.17, 15) is 4.79 Å². The molecule has 0 spiro atoms. The monoisotopic (exact) mass is 266 g/mol. The number of rotatable bonds is 4. The first-order chi connectivity index (χ1) is 8.49. The molecule has 0 saturated heterocycles. The molecular formula is C12H14N2O3S. The lowest BCUT2D eigenvalue weighted by molar-refractivity contribution is 0.0661. The molecule has 1 N–H and O–H groups in total. The van der Waals surface area contributed by atoms with Gasteiger partial charge in [-0.1, -0.05) is 13.8 Å². The first kappa shape index (κ1) is 12.8. The number of hydrogen-bond donors (Lipinski definition) is 1. The summed E-state index contributed by atoms with van der Waals surface area (Å²) in [5.41, 5.74) is 2.99. The van der Waals surface area contributed by atoms with Crippen LogP contribution in [0.2, 0.25) is 0 Å². The predicted octanol–water partition coefficient (Wildman–Crippen LogP) is 3.00. The third-order valence-electron chi connectivity index (χ3n) is 2.43. The Morgan fingerprint density at radius 2 is 2.28 bits per heavy atom. The molecule has 96 valence electrons. The number of aromatic carboxylic acids is 1. The highest BCUT2D eigenvalue weighted by atomic mass is 32.1.